The van der Waals surface area contributed by atoms with Crippen molar-refractivity contribution < 1.29 is 0 Å². The molecule has 0 atom stereocenters. The van der Waals surface area contributed by atoms with Gasteiger partial charge in [-0.25, -0.2) is 9.97 Å². The van der Waals surface area contributed by atoms with Crippen LogP contribution in [0.1, 0.15) is 13.8 Å². The zero-order valence-electron chi connectivity index (χ0n) is 7.71. The molecule has 0 saturated carbocycles. The van der Waals surface area contributed by atoms with Crippen molar-refractivity contribution in [1.82, 2.24) is 9.97 Å². The summed E-state index contributed by atoms with van der Waals surface area (Å²) in [5, 5.41) is 3.13. The molecule has 0 aliphatic rings. The Morgan fingerprint density at radius 3 is 2.85 bits per heavy atom. The summed E-state index contributed by atoms with van der Waals surface area (Å²) in [5.74, 6) is 0.772. The molecular formula is C8H13BrN4. The quantitative estimate of drug-likeness (QED) is 0.844. The number of nitrogens with two attached hydrogens (primary N) is 1. The Morgan fingerprint density at radius 2 is 2.31 bits per heavy atom. The first-order valence-corrected chi connectivity index (χ1v) is 4.76. The summed E-state index contributed by atoms with van der Waals surface area (Å²) < 4.78 is 0.847. The van der Waals surface area contributed by atoms with Crippen molar-refractivity contribution in [2.24, 2.45) is 5.73 Å². The predicted octanol–water partition coefficient (Wildman–Crippen LogP) is 1.39. The zero-order valence-corrected chi connectivity index (χ0v) is 9.30. The van der Waals surface area contributed by atoms with Crippen LogP contribution >= 0.6 is 15.9 Å². The second-order valence-corrected chi connectivity index (χ2v) is 4.42. The number of rotatable bonds is 3. The number of halogens is 1. The van der Waals surface area contributed by atoms with E-state index in [2.05, 4.69) is 31.2 Å². The molecule has 13 heavy (non-hydrogen) atoms. The molecule has 0 fully saturated rings. The lowest BCUT2D eigenvalue weighted by atomic mass is 10.1. The minimum atomic E-state index is -0.246. The fourth-order valence-corrected chi connectivity index (χ4v) is 1.12. The first-order chi connectivity index (χ1) is 5.99. The monoisotopic (exact) mass is 244 g/mol. The molecule has 0 unspecified atom stereocenters. The molecule has 0 radical (unpaired) electrons. The average molecular weight is 245 g/mol. The van der Waals surface area contributed by atoms with Crippen LogP contribution in [-0.2, 0) is 0 Å². The summed E-state index contributed by atoms with van der Waals surface area (Å²) in [5.41, 5.74) is 5.57. The van der Waals surface area contributed by atoms with Crippen molar-refractivity contribution in [3.63, 3.8) is 0 Å². The van der Waals surface area contributed by atoms with Gasteiger partial charge in [-0.15, -0.1) is 0 Å². The van der Waals surface area contributed by atoms with Gasteiger partial charge in [0.05, 0.1) is 4.47 Å². The second-order valence-electron chi connectivity index (χ2n) is 3.56. The minimum Gasteiger partial charge on any atom is -0.367 e. The molecule has 1 aromatic heterocycles. The van der Waals surface area contributed by atoms with E-state index >= 15 is 0 Å². The van der Waals surface area contributed by atoms with E-state index in [9.17, 15) is 0 Å². The maximum absolute atomic E-state index is 5.81. The predicted molar refractivity (Wildman–Crippen MR) is 56.5 cm³/mol. The Bertz CT molecular complexity index is 282. The molecule has 0 saturated heterocycles. The Morgan fingerprint density at radius 1 is 1.62 bits per heavy atom. The maximum Gasteiger partial charge on any atom is 0.143 e. The van der Waals surface area contributed by atoms with Gasteiger partial charge in [-0.1, -0.05) is 0 Å². The lowest BCUT2D eigenvalue weighted by Crippen LogP contribution is -2.39. The van der Waals surface area contributed by atoms with Crippen LogP contribution in [0.3, 0.4) is 0 Å². The molecule has 0 aliphatic carbocycles. The van der Waals surface area contributed by atoms with Crippen LogP contribution < -0.4 is 11.1 Å². The summed E-state index contributed by atoms with van der Waals surface area (Å²) in [6, 6.07) is 0. The van der Waals surface area contributed by atoms with Crippen molar-refractivity contribution in [3.05, 3.63) is 17.0 Å². The van der Waals surface area contributed by atoms with Gasteiger partial charge in [-0.2, -0.15) is 0 Å². The van der Waals surface area contributed by atoms with Crippen LogP contribution in [0.5, 0.6) is 0 Å². The van der Waals surface area contributed by atoms with Crippen molar-refractivity contribution in [3.8, 4) is 0 Å². The Hall–Kier alpha value is -0.680. The van der Waals surface area contributed by atoms with Gasteiger partial charge in [0.25, 0.3) is 0 Å². The van der Waals surface area contributed by atoms with E-state index < -0.39 is 0 Å². The highest BCUT2D eigenvalue weighted by Crippen LogP contribution is 2.17. The minimum absolute atomic E-state index is 0.246. The van der Waals surface area contributed by atoms with E-state index in [0.717, 1.165) is 10.3 Å². The van der Waals surface area contributed by atoms with Crippen LogP contribution in [0, 0.1) is 0 Å². The molecular weight excluding hydrogens is 232 g/mol. The summed E-state index contributed by atoms with van der Waals surface area (Å²) in [4.78, 5) is 7.92. The molecule has 72 valence electrons. The third kappa shape index (κ3) is 3.69. The second kappa shape index (κ2) is 4.02. The van der Waals surface area contributed by atoms with Crippen molar-refractivity contribution in [2.75, 3.05) is 11.9 Å². The van der Waals surface area contributed by atoms with Gasteiger partial charge in [0, 0.05) is 18.3 Å². The van der Waals surface area contributed by atoms with E-state index in [1.165, 1.54) is 6.33 Å². The number of anilines is 1. The fourth-order valence-electron chi connectivity index (χ4n) is 0.754. The van der Waals surface area contributed by atoms with E-state index in [1.807, 2.05) is 13.8 Å². The molecule has 1 heterocycles. The number of nitrogens with one attached hydrogen (secondary N) is 1. The van der Waals surface area contributed by atoms with Crippen molar-refractivity contribution in [1.29, 1.82) is 0 Å². The molecule has 3 N–H and O–H groups in total. The van der Waals surface area contributed by atoms with Crippen LogP contribution in [0.4, 0.5) is 5.82 Å². The molecule has 4 nitrogen and oxygen atoms in total. The van der Waals surface area contributed by atoms with E-state index in [4.69, 9.17) is 5.73 Å². The van der Waals surface area contributed by atoms with E-state index in [1.54, 1.807) is 6.20 Å². The molecule has 1 aromatic rings. The van der Waals surface area contributed by atoms with Crippen molar-refractivity contribution in [2.45, 2.75) is 19.4 Å². The third-order valence-corrected chi connectivity index (χ3v) is 1.96. The zero-order chi connectivity index (χ0) is 9.90. The van der Waals surface area contributed by atoms with E-state index in [0.29, 0.717) is 6.54 Å². The van der Waals surface area contributed by atoms with Gasteiger partial charge >= 0.3 is 0 Å². The SMILES string of the molecule is CC(C)(N)CNc1ncncc1Br. The Labute approximate surface area is 86.1 Å². The van der Waals surface area contributed by atoms with Crippen molar-refractivity contribution >= 4 is 21.7 Å². The highest BCUT2D eigenvalue weighted by Gasteiger charge is 2.10. The number of hydrogen-bond donors (Lipinski definition) is 2. The van der Waals surface area contributed by atoms with Gasteiger partial charge < -0.3 is 11.1 Å². The Kier molecular flexibility index (Phi) is 3.22. The van der Waals surface area contributed by atoms with Crippen LogP contribution in [-0.4, -0.2) is 22.1 Å². The summed E-state index contributed by atoms with van der Waals surface area (Å²) in [7, 11) is 0. The average Bonchev–Trinajstić information content (AvgIpc) is 2.01. The summed E-state index contributed by atoms with van der Waals surface area (Å²) in [6.45, 7) is 4.58. The largest absolute Gasteiger partial charge is 0.367 e. The van der Waals surface area contributed by atoms with Gasteiger partial charge in [0.1, 0.15) is 12.1 Å². The topological polar surface area (TPSA) is 63.8 Å². The van der Waals surface area contributed by atoms with Crippen LogP contribution in [0.2, 0.25) is 0 Å². The van der Waals surface area contributed by atoms with E-state index in [-0.39, 0.29) is 5.54 Å². The third-order valence-electron chi connectivity index (χ3n) is 1.38. The van der Waals surface area contributed by atoms with Gasteiger partial charge in [-0.3, -0.25) is 0 Å². The highest BCUT2D eigenvalue weighted by molar-refractivity contribution is 9.10. The summed E-state index contributed by atoms with van der Waals surface area (Å²) in [6.07, 6.45) is 3.19. The van der Waals surface area contributed by atoms with Gasteiger partial charge in [-0.05, 0) is 29.8 Å². The molecule has 0 bridgehead atoms. The highest BCUT2D eigenvalue weighted by atomic mass is 79.9. The molecule has 0 aromatic carbocycles. The lowest BCUT2D eigenvalue weighted by molar-refractivity contribution is 0.548. The number of nitrogens with zero attached hydrogens (tertiary/aromatic N) is 2. The van der Waals surface area contributed by atoms with Gasteiger partial charge in [0.15, 0.2) is 0 Å². The molecule has 1 rings (SSSR count). The summed E-state index contributed by atoms with van der Waals surface area (Å²) >= 11 is 3.34. The fraction of sp³-hybridized carbons (Fsp3) is 0.500. The normalized spacial score (nSPS) is 11.4. The lowest BCUT2D eigenvalue weighted by Gasteiger charge is -2.19. The molecule has 0 amide bonds. The van der Waals surface area contributed by atoms with Crippen LogP contribution in [0.25, 0.3) is 0 Å². The molecule has 5 heteroatoms. The Balaban J connectivity index is 2.60. The number of hydrogen-bond acceptors (Lipinski definition) is 4. The molecule has 0 spiro atoms. The smallest absolute Gasteiger partial charge is 0.143 e. The first-order valence-electron chi connectivity index (χ1n) is 3.97. The molecule has 0 aliphatic heterocycles. The number of aromatic nitrogens is 2. The van der Waals surface area contributed by atoms with Crippen LogP contribution in [0.15, 0.2) is 17.0 Å². The van der Waals surface area contributed by atoms with Gasteiger partial charge in [0.2, 0.25) is 0 Å². The first kappa shape index (κ1) is 10.4. The standard InChI is InChI=1S/C8H13BrN4/c1-8(2,10)4-12-7-6(9)3-11-5-13-7/h3,5H,4,10H2,1-2H3,(H,11,12,13). The maximum atomic E-state index is 5.81.